The number of aliphatic carboxylic acids is 1. The minimum atomic E-state index is -1.08. The number of hydrogen-bond donors (Lipinski definition) is 1. The van der Waals surface area contributed by atoms with E-state index in [0.29, 0.717) is 22.4 Å². The number of carbonyl (C=O) groups excluding carboxylic acids is 2. The summed E-state index contributed by atoms with van der Waals surface area (Å²) < 4.78 is -1.08. The Morgan fingerprint density at radius 1 is 1.00 bits per heavy atom. The highest BCUT2D eigenvalue weighted by Crippen LogP contribution is 2.36. The number of carboxylic acids is 1. The number of carbonyl (C=O) groups is 3. The molecule has 2 aromatic rings. The van der Waals surface area contributed by atoms with Gasteiger partial charge in [0, 0.05) is 0 Å². The van der Waals surface area contributed by atoms with E-state index in [9.17, 15) is 19.5 Å². The van der Waals surface area contributed by atoms with E-state index in [2.05, 4.69) is 0 Å². The van der Waals surface area contributed by atoms with Gasteiger partial charge in [-0.05, 0) is 43.0 Å². The molecule has 1 aliphatic rings. The van der Waals surface area contributed by atoms with Crippen LogP contribution < -0.4 is 4.90 Å². The average Bonchev–Trinajstić information content (AvgIpc) is 2.85. The van der Waals surface area contributed by atoms with Crippen molar-refractivity contribution < 1.29 is 19.5 Å². The largest absolute Gasteiger partial charge is 0.480 e. The Morgan fingerprint density at radius 2 is 1.50 bits per heavy atom. The van der Waals surface area contributed by atoms with Gasteiger partial charge >= 0.3 is 5.97 Å². The van der Waals surface area contributed by atoms with Gasteiger partial charge in [0.25, 0.3) is 11.8 Å². The summed E-state index contributed by atoms with van der Waals surface area (Å²) in [4.78, 5) is 37.5. The Kier molecular flexibility index (Phi) is 3.93. The third kappa shape index (κ3) is 2.30. The van der Waals surface area contributed by atoms with Crippen LogP contribution in [-0.2, 0) is 9.54 Å². The minimum Gasteiger partial charge on any atom is -0.480 e. The van der Waals surface area contributed by atoms with Gasteiger partial charge in [0.15, 0.2) is 0 Å². The first-order chi connectivity index (χ1) is 11.4. The number of nitrogens with zero attached hydrogens (tertiary/aromatic N) is 1. The van der Waals surface area contributed by atoms with Crippen molar-refractivity contribution in [2.75, 3.05) is 11.2 Å². The Hall–Kier alpha value is -2.60. The molecule has 0 aromatic heterocycles. The number of benzene rings is 2. The van der Waals surface area contributed by atoms with Crippen molar-refractivity contribution in [3.8, 4) is 0 Å². The van der Waals surface area contributed by atoms with E-state index in [4.69, 9.17) is 0 Å². The van der Waals surface area contributed by atoms with Crippen LogP contribution in [0.15, 0.2) is 48.5 Å². The van der Waals surface area contributed by atoms with E-state index in [-0.39, 0.29) is 11.8 Å². The van der Waals surface area contributed by atoms with Crippen LogP contribution >= 0.6 is 11.8 Å². The molecule has 1 unspecified atom stereocenters. The van der Waals surface area contributed by atoms with Gasteiger partial charge in [-0.1, -0.05) is 24.3 Å². The number of fused-ring (bicyclic) bond motifs is 1. The van der Waals surface area contributed by atoms with E-state index < -0.39 is 10.7 Å². The zero-order valence-corrected chi connectivity index (χ0v) is 14.0. The van der Waals surface area contributed by atoms with Gasteiger partial charge in [-0.2, -0.15) is 0 Å². The van der Waals surface area contributed by atoms with Crippen molar-refractivity contribution in [1.82, 2.24) is 0 Å². The molecule has 6 heteroatoms. The molecule has 0 saturated carbocycles. The lowest BCUT2D eigenvalue weighted by Crippen LogP contribution is -2.30. The SMILES string of the molecule is CSC(C)(C(=O)O)c1ccc(N2C(=O)c3ccccc3C2=O)cc1. The molecule has 0 aliphatic carbocycles. The number of thioether (sulfide) groups is 1. The third-order valence-electron chi connectivity index (χ3n) is 4.29. The zero-order valence-electron chi connectivity index (χ0n) is 13.1. The third-order valence-corrected chi connectivity index (χ3v) is 5.51. The van der Waals surface area contributed by atoms with Crippen molar-refractivity contribution in [3.63, 3.8) is 0 Å². The summed E-state index contributed by atoms with van der Waals surface area (Å²) in [7, 11) is 0. The lowest BCUT2D eigenvalue weighted by molar-refractivity contribution is -0.139. The molecule has 3 rings (SSSR count). The van der Waals surface area contributed by atoms with Crippen molar-refractivity contribution in [2.45, 2.75) is 11.7 Å². The van der Waals surface area contributed by atoms with Crippen LogP contribution in [0.2, 0.25) is 0 Å². The molecule has 0 spiro atoms. The highest BCUT2D eigenvalue weighted by molar-refractivity contribution is 8.00. The fourth-order valence-electron chi connectivity index (χ4n) is 2.68. The van der Waals surface area contributed by atoms with Gasteiger partial charge in [0.1, 0.15) is 4.75 Å². The Bertz CT molecular complexity index is 811. The van der Waals surface area contributed by atoms with Crippen LogP contribution in [0.1, 0.15) is 33.2 Å². The highest BCUT2D eigenvalue weighted by atomic mass is 32.2. The summed E-state index contributed by atoms with van der Waals surface area (Å²) in [5.74, 6) is -1.67. The molecule has 1 heterocycles. The number of imide groups is 1. The first-order valence-electron chi connectivity index (χ1n) is 7.27. The first-order valence-corrected chi connectivity index (χ1v) is 8.49. The van der Waals surface area contributed by atoms with E-state index in [0.717, 1.165) is 4.90 Å². The monoisotopic (exact) mass is 341 g/mol. The quantitative estimate of drug-likeness (QED) is 0.865. The van der Waals surface area contributed by atoms with E-state index in [1.165, 1.54) is 11.8 Å². The number of carboxylic acid groups (broad SMARTS) is 1. The molecule has 0 radical (unpaired) electrons. The van der Waals surface area contributed by atoms with Crippen LogP contribution in [0.3, 0.4) is 0 Å². The smallest absolute Gasteiger partial charge is 0.324 e. The summed E-state index contributed by atoms with van der Waals surface area (Å²) in [6.07, 6.45) is 1.73. The molecule has 122 valence electrons. The molecule has 5 nitrogen and oxygen atoms in total. The minimum absolute atomic E-state index is 0.366. The second-order valence-electron chi connectivity index (χ2n) is 5.58. The van der Waals surface area contributed by atoms with Crippen molar-refractivity contribution >= 4 is 35.2 Å². The van der Waals surface area contributed by atoms with Crippen LogP contribution in [0.25, 0.3) is 0 Å². The summed E-state index contributed by atoms with van der Waals surface area (Å²) >= 11 is 1.22. The number of hydrogen-bond acceptors (Lipinski definition) is 4. The molecule has 24 heavy (non-hydrogen) atoms. The summed E-state index contributed by atoms with van der Waals surface area (Å²) in [6.45, 7) is 1.62. The van der Waals surface area contributed by atoms with Crippen LogP contribution in [-0.4, -0.2) is 29.1 Å². The second kappa shape index (κ2) is 5.79. The molecule has 0 bridgehead atoms. The molecule has 2 aromatic carbocycles. The number of anilines is 1. The molecule has 1 N–H and O–H groups in total. The topological polar surface area (TPSA) is 74.7 Å². The fraction of sp³-hybridized carbons (Fsp3) is 0.167. The van der Waals surface area contributed by atoms with Gasteiger partial charge in [0.2, 0.25) is 0 Å². The maximum absolute atomic E-state index is 12.5. The zero-order chi connectivity index (χ0) is 17.5. The molecule has 1 aliphatic heterocycles. The standard InChI is InChI=1S/C18H15NO4S/c1-18(24-2,17(22)23)11-7-9-12(10-8-11)19-15(20)13-5-3-4-6-14(13)16(19)21/h3-10H,1-2H3,(H,22,23). The van der Waals surface area contributed by atoms with Gasteiger partial charge in [-0.25, -0.2) is 4.90 Å². The van der Waals surface area contributed by atoms with E-state index in [1.54, 1.807) is 61.7 Å². The molecule has 0 saturated heterocycles. The number of rotatable bonds is 4. The van der Waals surface area contributed by atoms with Crippen LogP contribution in [0.5, 0.6) is 0 Å². The van der Waals surface area contributed by atoms with Crippen molar-refractivity contribution in [2.24, 2.45) is 0 Å². The van der Waals surface area contributed by atoms with Gasteiger partial charge < -0.3 is 5.11 Å². The van der Waals surface area contributed by atoms with Gasteiger partial charge in [0.05, 0.1) is 16.8 Å². The first kappa shape index (κ1) is 16.3. The molecular weight excluding hydrogens is 326 g/mol. The Morgan fingerprint density at radius 3 is 1.92 bits per heavy atom. The molecule has 0 fully saturated rings. The van der Waals surface area contributed by atoms with Crippen LogP contribution in [0.4, 0.5) is 5.69 Å². The lowest BCUT2D eigenvalue weighted by atomic mass is 10.00. The highest BCUT2D eigenvalue weighted by Gasteiger charge is 2.37. The summed E-state index contributed by atoms with van der Waals surface area (Å²) in [5, 5.41) is 9.43. The van der Waals surface area contributed by atoms with Gasteiger partial charge in [-0.15, -0.1) is 11.8 Å². The Balaban J connectivity index is 1.97. The van der Waals surface area contributed by atoms with Gasteiger partial charge in [-0.3, -0.25) is 14.4 Å². The maximum atomic E-state index is 12.5. The van der Waals surface area contributed by atoms with Crippen molar-refractivity contribution in [3.05, 3.63) is 65.2 Å². The van der Waals surface area contributed by atoms with Crippen molar-refractivity contribution in [1.29, 1.82) is 0 Å². The molecule has 2 amide bonds. The maximum Gasteiger partial charge on any atom is 0.324 e. The van der Waals surface area contributed by atoms with E-state index in [1.807, 2.05) is 0 Å². The van der Waals surface area contributed by atoms with Crippen LogP contribution in [0, 0.1) is 0 Å². The van der Waals surface area contributed by atoms with E-state index >= 15 is 0 Å². The predicted molar refractivity (Wildman–Crippen MR) is 92.5 cm³/mol. The lowest BCUT2D eigenvalue weighted by Gasteiger charge is -2.23. The predicted octanol–water partition coefficient (Wildman–Crippen LogP) is 3.15. The molecular formula is C18H15NO4S. The average molecular weight is 341 g/mol. The summed E-state index contributed by atoms with van der Waals surface area (Å²) in [5.41, 5.74) is 1.79. The number of amides is 2. The summed E-state index contributed by atoms with van der Waals surface area (Å²) in [6, 6.07) is 13.2. The molecule has 1 atom stereocenters. The Labute approximate surface area is 143 Å². The normalized spacial score (nSPS) is 16.0. The second-order valence-corrected chi connectivity index (χ2v) is 6.81. The fourth-order valence-corrected chi connectivity index (χ4v) is 3.23.